The largest absolute Gasteiger partial charge is 0.299 e. The van der Waals surface area contributed by atoms with Crippen LogP contribution in [0.25, 0.3) is 0 Å². The second kappa shape index (κ2) is 3.21. The van der Waals surface area contributed by atoms with Crippen molar-refractivity contribution in [2.24, 2.45) is 11.8 Å². The van der Waals surface area contributed by atoms with E-state index < -0.39 is 0 Å². The Morgan fingerprint density at radius 1 is 1.55 bits per heavy atom. The standard InChI is InChI=1S/C10H16O/c1-7(2)9-5-4-8(3)6-10(9)11/h8-9H,1,4-6H2,2-3H3/t8-,9+/m0/s1. The Balaban J connectivity index is 2.58. The average Bonchev–Trinajstić information content (AvgIpc) is 1.85. The van der Waals surface area contributed by atoms with Crippen molar-refractivity contribution in [1.82, 2.24) is 0 Å². The second-order valence-corrected chi connectivity index (χ2v) is 3.75. The summed E-state index contributed by atoms with van der Waals surface area (Å²) >= 11 is 0. The van der Waals surface area contributed by atoms with Crippen molar-refractivity contribution in [3.8, 4) is 0 Å². The molecule has 1 aliphatic rings. The molecule has 1 aliphatic carbocycles. The number of carbonyl (C=O) groups is 1. The van der Waals surface area contributed by atoms with E-state index in [0.29, 0.717) is 11.7 Å². The van der Waals surface area contributed by atoms with Gasteiger partial charge in [0.25, 0.3) is 0 Å². The molecule has 62 valence electrons. The van der Waals surface area contributed by atoms with Crippen LogP contribution in [0.5, 0.6) is 0 Å². The van der Waals surface area contributed by atoms with E-state index in [1.807, 2.05) is 6.92 Å². The number of allylic oxidation sites excluding steroid dienone is 1. The molecule has 0 aromatic rings. The smallest absolute Gasteiger partial charge is 0.140 e. The third-order valence-electron chi connectivity index (χ3n) is 2.48. The SMILES string of the molecule is C=C(C)[C@H]1CC[C@H](C)CC1=O. The minimum absolute atomic E-state index is 0.172. The summed E-state index contributed by atoms with van der Waals surface area (Å²) < 4.78 is 0. The van der Waals surface area contributed by atoms with Crippen LogP contribution in [0.15, 0.2) is 12.2 Å². The molecule has 0 amide bonds. The quantitative estimate of drug-likeness (QED) is 0.528. The molecule has 2 atom stereocenters. The normalized spacial score (nSPS) is 32.0. The fourth-order valence-electron chi connectivity index (χ4n) is 1.72. The van der Waals surface area contributed by atoms with E-state index in [-0.39, 0.29) is 5.92 Å². The van der Waals surface area contributed by atoms with Crippen LogP contribution < -0.4 is 0 Å². The summed E-state index contributed by atoms with van der Waals surface area (Å²) in [7, 11) is 0. The van der Waals surface area contributed by atoms with Crippen molar-refractivity contribution in [3.63, 3.8) is 0 Å². The Morgan fingerprint density at radius 2 is 2.18 bits per heavy atom. The lowest BCUT2D eigenvalue weighted by atomic mass is 9.79. The van der Waals surface area contributed by atoms with Gasteiger partial charge in [0.2, 0.25) is 0 Å². The fourth-order valence-corrected chi connectivity index (χ4v) is 1.72. The predicted octanol–water partition coefficient (Wildman–Crippen LogP) is 2.57. The molecule has 0 aromatic carbocycles. The first-order valence-corrected chi connectivity index (χ1v) is 4.29. The molecule has 1 rings (SSSR count). The van der Waals surface area contributed by atoms with Crippen molar-refractivity contribution in [3.05, 3.63) is 12.2 Å². The van der Waals surface area contributed by atoms with Gasteiger partial charge in [-0.25, -0.2) is 0 Å². The Kier molecular flexibility index (Phi) is 2.48. The highest BCUT2D eigenvalue weighted by Crippen LogP contribution is 2.29. The van der Waals surface area contributed by atoms with Crippen molar-refractivity contribution in [1.29, 1.82) is 0 Å². The molecule has 11 heavy (non-hydrogen) atoms. The van der Waals surface area contributed by atoms with Crippen LogP contribution in [0, 0.1) is 11.8 Å². The van der Waals surface area contributed by atoms with Crippen LogP contribution in [-0.2, 0) is 4.79 Å². The van der Waals surface area contributed by atoms with Crippen LogP contribution in [0.4, 0.5) is 0 Å². The van der Waals surface area contributed by atoms with E-state index in [1.54, 1.807) is 0 Å². The van der Waals surface area contributed by atoms with E-state index >= 15 is 0 Å². The lowest BCUT2D eigenvalue weighted by Crippen LogP contribution is -2.23. The zero-order chi connectivity index (χ0) is 8.43. The summed E-state index contributed by atoms with van der Waals surface area (Å²) in [5, 5.41) is 0. The van der Waals surface area contributed by atoms with Gasteiger partial charge in [0.05, 0.1) is 0 Å². The van der Waals surface area contributed by atoms with Gasteiger partial charge in [-0.15, -0.1) is 0 Å². The van der Waals surface area contributed by atoms with E-state index in [2.05, 4.69) is 13.5 Å². The zero-order valence-electron chi connectivity index (χ0n) is 7.39. The van der Waals surface area contributed by atoms with Gasteiger partial charge in [-0.1, -0.05) is 19.1 Å². The van der Waals surface area contributed by atoms with Gasteiger partial charge in [-0.2, -0.15) is 0 Å². The van der Waals surface area contributed by atoms with E-state index in [0.717, 1.165) is 18.4 Å². The average molecular weight is 152 g/mol. The maximum absolute atomic E-state index is 11.4. The van der Waals surface area contributed by atoms with E-state index in [1.165, 1.54) is 6.42 Å². The van der Waals surface area contributed by atoms with Gasteiger partial charge in [0.15, 0.2) is 0 Å². The molecule has 0 bridgehead atoms. The van der Waals surface area contributed by atoms with Crippen LogP contribution in [0.2, 0.25) is 0 Å². The molecule has 0 aromatic heterocycles. The van der Waals surface area contributed by atoms with Crippen LogP contribution >= 0.6 is 0 Å². The molecule has 1 saturated carbocycles. The molecule has 0 aliphatic heterocycles. The van der Waals surface area contributed by atoms with Gasteiger partial charge in [-0.05, 0) is 25.7 Å². The third-order valence-corrected chi connectivity index (χ3v) is 2.48. The fraction of sp³-hybridized carbons (Fsp3) is 0.700. The molecule has 0 N–H and O–H groups in total. The monoisotopic (exact) mass is 152 g/mol. The number of carbonyl (C=O) groups excluding carboxylic acids is 1. The molecule has 0 spiro atoms. The number of ketones is 1. The molecule has 0 radical (unpaired) electrons. The topological polar surface area (TPSA) is 17.1 Å². The van der Waals surface area contributed by atoms with Crippen molar-refractivity contribution in [2.45, 2.75) is 33.1 Å². The summed E-state index contributed by atoms with van der Waals surface area (Å²) in [4.78, 5) is 11.4. The summed E-state index contributed by atoms with van der Waals surface area (Å²) in [6.07, 6.45) is 2.97. The van der Waals surface area contributed by atoms with Gasteiger partial charge in [0, 0.05) is 12.3 Å². The lowest BCUT2D eigenvalue weighted by molar-refractivity contribution is -0.124. The summed E-state index contributed by atoms with van der Waals surface area (Å²) in [5.74, 6) is 1.17. The highest BCUT2D eigenvalue weighted by Gasteiger charge is 2.26. The summed E-state index contributed by atoms with van der Waals surface area (Å²) in [6, 6.07) is 0. The molecular weight excluding hydrogens is 136 g/mol. The van der Waals surface area contributed by atoms with Crippen LogP contribution in [0.1, 0.15) is 33.1 Å². The van der Waals surface area contributed by atoms with Gasteiger partial charge >= 0.3 is 0 Å². The molecule has 0 heterocycles. The van der Waals surface area contributed by atoms with Gasteiger partial charge in [0.1, 0.15) is 5.78 Å². The van der Waals surface area contributed by atoms with E-state index in [4.69, 9.17) is 0 Å². The first-order valence-electron chi connectivity index (χ1n) is 4.29. The highest BCUT2D eigenvalue weighted by molar-refractivity contribution is 5.84. The molecule has 1 fully saturated rings. The van der Waals surface area contributed by atoms with Crippen molar-refractivity contribution >= 4 is 5.78 Å². The maximum atomic E-state index is 11.4. The summed E-state index contributed by atoms with van der Waals surface area (Å²) in [6.45, 7) is 7.94. The molecule has 1 nitrogen and oxygen atoms in total. The van der Waals surface area contributed by atoms with Crippen molar-refractivity contribution < 1.29 is 4.79 Å². The van der Waals surface area contributed by atoms with Gasteiger partial charge < -0.3 is 0 Å². The Morgan fingerprint density at radius 3 is 2.64 bits per heavy atom. The number of hydrogen-bond acceptors (Lipinski definition) is 1. The maximum Gasteiger partial charge on any atom is 0.140 e. The minimum Gasteiger partial charge on any atom is -0.299 e. The highest BCUT2D eigenvalue weighted by atomic mass is 16.1. The summed E-state index contributed by atoms with van der Waals surface area (Å²) in [5.41, 5.74) is 1.04. The Hall–Kier alpha value is -0.590. The van der Waals surface area contributed by atoms with Crippen molar-refractivity contribution in [2.75, 3.05) is 0 Å². The zero-order valence-corrected chi connectivity index (χ0v) is 7.39. The molecule has 1 heteroatoms. The first kappa shape index (κ1) is 8.51. The Labute approximate surface area is 68.5 Å². The van der Waals surface area contributed by atoms with E-state index in [9.17, 15) is 4.79 Å². The van der Waals surface area contributed by atoms with Gasteiger partial charge in [-0.3, -0.25) is 4.79 Å². The first-order chi connectivity index (χ1) is 5.11. The van der Waals surface area contributed by atoms with Crippen LogP contribution in [0.3, 0.4) is 0 Å². The molecule has 0 saturated heterocycles. The second-order valence-electron chi connectivity index (χ2n) is 3.75. The minimum atomic E-state index is 0.172. The molecular formula is C10H16O. The predicted molar refractivity (Wildman–Crippen MR) is 46.3 cm³/mol. The third kappa shape index (κ3) is 1.92. The Bertz CT molecular complexity index is 181. The lowest BCUT2D eigenvalue weighted by Gasteiger charge is -2.24. The number of Topliss-reactive ketones (excluding diaryl/α,β-unsaturated/α-hetero) is 1. The van der Waals surface area contributed by atoms with Crippen LogP contribution in [-0.4, -0.2) is 5.78 Å². The number of hydrogen-bond donors (Lipinski definition) is 0. The molecule has 0 unspecified atom stereocenters. The number of rotatable bonds is 1.